The highest BCUT2D eigenvalue weighted by molar-refractivity contribution is 5.94. The zero-order chi connectivity index (χ0) is 27.2. The Balaban J connectivity index is 1.53. The van der Waals surface area contributed by atoms with E-state index in [4.69, 9.17) is 12.2 Å². The number of hydrogen-bond donors (Lipinski definition) is 2. The Kier molecular flexibility index (Phi) is 8.39. The number of nitrogens with one attached hydrogen (secondary N) is 1. The van der Waals surface area contributed by atoms with Gasteiger partial charge in [0.25, 0.3) is 0 Å². The minimum Gasteiger partial charge on any atom is -0.357 e. The van der Waals surface area contributed by atoms with Gasteiger partial charge in [-0.05, 0) is 40.5 Å². The van der Waals surface area contributed by atoms with Crippen LogP contribution in [0.4, 0.5) is 4.39 Å². The fourth-order valence-electron chi connectivity index (χ4n) is 4.96. The summed E-state index contributed by atoms with van der Waals surface area (Å²) in [7, 11) is 1.54. The highest BCUT2D eigenvalue weighted by atomic mass is 19.1. The standard InChI is InChI=1S/C30H31FN4O3/c1-3-6-26-30(38)35(16-15-34(26)29(37)25(32)18-20-10-13-24(31)14-11-20)27(28(36)33-2)19-21-9-12-22-7-4-5-8-23(22)17-21/h1,4-5,7-14,17,25-27H,6,15-16,18-19,32H2,2H3,(H,33,36)/t25-,26+,27+/m1/s1. The quantitative estimate of drug-likeness (QED) is 0.451. The molecule has 0 aliphatic carbocycles. The smallest absolute Gasteiger partial charge is 0.247 e. The second kappa shape index (κ2) is 11.9. The van der Waals surface area contributed by atoms with Gasteiger partial charge in [0.2, 0.25) is 17.7 Å². The number of nitrogens with zero attached hydrogens (tertiary/aromatic N) is 2. The van der Waals surface area contributed by atoms with E-state index in [1.165, 1.54) is 29.0 Å². The molecule has 0 unspecified atom stereocenters. The van der Waals surface area contributed by atoms with Crippen molar-refractivity contribution in [3.63, 3.8) is 0 Å². The van der Waals surface area contributed by atoms with Gasteiger partial charge in [-0.25, -0.2) is 4.39 Å². The van der Waals surface area contributed by atoms with E-state index in [-0.39, 0.29) is 43.6 Å². The number of amides is 3. The molecule has 1 saturated heterocycles. The Morgan fingerprint density at radius 1 is 1.05 bits per heavy atom. The van der Waals surface area contributed by atoms with Crippen LogP contribution in [0.2, 0.25) is 0 Å². The van der Waals surface area contributed by atoms with E-state index >= 15 is 0 Å². The lowest BCUT2D eigenvalue weighted by Gasteiger charge is -2.43. The average Bonchev–Trinajstić information content (AvgIpc) is 2.93. The van der Waals surface area contributed by atoms with E-state index < -0.39 is 24.0 Å². The Hall–Kier alpha value is -4.22. The molecule has 38 heavy (non-hydrogen) atoms. The molecule has 1 aliphatic heterocycles. The molecule has 1 aliphatic rings. The number of likely N-dealkylation sites (N-methyl/N-ethyl adjacent to an activating group) is 1. The lowest BCUT2D eigenvalue weighted by atomic mass is 9.97. The van der Waals surface area contributed by atoms with Crippen LogP contribution in [0.5, 0.6) is 0 Å². The van der Waals surface area contributed by atoms with Gasteiger partial charge in [-0.15, -0.1) is 12.3 Å². The molecule has 3 atom stereocenters. The van der Waals surface area contributed by atoms with Crippen molar-refractivity contribution >= 4 is 28.5 Å². The van der Waals surface area contributed by atoms with Crippen LogP contribution in [0, 0.1) is 18.2 Å². The highest BCUT2D eigenvalue weighted by Crippen LogP contribution is 2.23. The molecule has 0 bridgehead atoms. The summed E-state index contributed by atoms with van der Waals surface area (Å²) >= 11 is 0. The van der Waals surface area contributed by atoms with E-state index in [9.17, 15) is 18.8 Å². The molecule has 7 nitrogen and oxygen atoms in total. The third-order valence-corrected chi connectivity index (χ3v) is 6.97. The number of terminal acetylenes is 1. The van der Waals surface area contributed by atoms with Gasteiger partial charge in [-0.1, -0.05) is 54.6 Å². The monoisotopic (exact) mass is 514 g/mol. The van der Waals surface area contributed by atoms with Gasteiger partial charge in [0.05, 0.1) is 6.04 Å². The fraction of sp³-hybridized carbons (Fsp3) is 0.300. The molecule has 3 aromatic rings. The number of benzene rings is 3. The molecule has 0 spiro atoms. The molecule has 4 rings (SSSR count). The van der Waals surface area contributed by atoms with Crippen molar-refractivity contribution < 1.29 is 18.8 Å². The molecule has 196 valence electrons. The third kappa shape index (κ3) is 5.84. The Labute approximate surface area is 221 Å². The number of halogens is 1. The van der Waals surface area contributed by atoms with Crippen LogP contribution in [0.3, 0.4) is 0 Å². The lowest BCUT2D eigenvalue weighted by molar-refractivity contribution is -0.156. The summed E-state index contributed by atoms with van der Waals surface area (Å²) in [6, 6.07) is 17.1. The number of hydrogen-bond acceptors (Lipinski definition) is 4. The largest absolute Gasteiger partial charge is 0.357 e. The van der Waals surface area contributed by atoms with Gasteiger partial charge >= 0.3 is 0 Å². The highest BCUT2D eigenvalue weighted by Gasteiger charge is 2.42. The first-order valence-electron chi connectivity index (χ1n) is 12.6. The predicted octanol–water partition coefficient (Wildman–Crippen LogP) is 2.27. The van der Waals surface area contributed by atoms with E-state index in [1.807, 2.05) is 42.5 Å². The number of rotatable bonds is 8. The Morgan fingerprint density at radius 3 is 2.42 bits per heavy atom. The van der Waals surface area contributed by atoms with Gasteiger partial charge in [-0.3, -0.25) is 14.4 Å². The van der Waals surface area contributed by atoms with E-state index in [2.05, 4.69) is 11.2 Å². The van der Waals surface area contributed by atoms with Crippen LogP contribution in [0.1, 0.15) is 17.5 Å². The molecule has 0 radical (unpaired) electrons. The summed E-state index contributed by atoms with van der Waals surface area (Å²) in [4.78, 5) is 42.9. The van der Waals surface area contributed by atoms with Crippen molar-refractivity contribution in [1.29, 1.82) is 0 Å². The summed E-state index contributed by atoms with van der Waals surface area (Å²) in [6.45, 7) is 0.361. The maximum atomic E-state index is 13.7. The predicted molar refractivity (Wildman–Crippen MR) is 144 cm³/mol. The topological polar surface area (TPSA) is 95.7 Å². The molecule has 8 heteroatoms. The van der Waals surface area contributed by atoms with Crippen LogP contribution in [-0.4, -0.2) is 65.8 Å². The van der Waals surface area contributed by atoms with Crippen LogP contribution in [0.25, 0.3) is 10.8 Å². The summed E-state index contributed by atoms with van der Waals surface area (Å²) in [5.41, 5.74) is 7.83. The number of nitrogens with two attached hydrogens (primary N) is 1. The normalized spacial score (nSPS) is 17.1. The first kappa shape index (κ1) is 26.8. The molecule has 3 amide bonds. The SMILES string of the molecule is C#CC[C@H]1C(=O)N([C@@H](Cc2ccc3ccccc3c2)C(=O)NC)CCN1C(=O)[C@H](N)Cc1ccc(F)cc1. The molecular weight excluding hydrogens is 483 g/mol. The first-order chi connectivity index (χ1) is 18.3. The van der Waals surface area contributed by atoms with Gasteiger partial charge in [0.1, 0.15) is 17.9 Å². The Morgan fingerprint density at radius 2 is 1.74 bits per heavy atom. The number of carbonyl (C=O) groups excluding carboxylic acids is 3. The van der Waals surface area contributed by atoms with Gasteiger partial charge in [0, 0.05) is 33.0 Å². The minimum atomic E-state index is -0.927. The van der Waals surface area contributed by atoms with Crippen molar-refractivity contribution in [2.45, 2.75) is 37.4 Å². The maximum absolute atomic E-state index is 13.7. The molecule has 1 fully saturated rings. The van der Waals surface area contributed by atoms with E-state index in [0.717, 1.165) is 16.3 Å². The van der Waals surface area contributed by atoms with Crippen molar-refractivity contribution in [3.05, 3.63) is 83.7 Å². The summed E-state index contributed by atoms with van der Waals surface area (Å²) in [6.07, 6.45) is 6.09. The molecule has 0 saturated carbocycles. The minimum absolute atomic E-state index is 0.000774. The van der Waals surface area contributed by atoms with Gasteiger partial charge in [-0.2, -0.15) is 0 Å². The van der Waals surface area contributed by atoms with Gasteiger partial charge in [0.15, 0.2) is 0 Å². The summed E-state index contributed by atoms with van der Waals surface area (Å²) in [5, 5.41) is 4.80. The van der Waals surface area contributed by atoms with E-state index in [1.54, 1.807) is 12.1 Å². The van der Waals surface area contributed by atoms with Gasteiger partial charge < -0.3 is 20.9 Å². The number of carbonyl (C=O) groups is 3. The third-order valence-electron chi connectivity index (χ3n) is 6.97. The van der Waals surface area contributed by atoms with Crippen molar-refractivity contribution in [2.24, 2.45) is 5.73 Å². The second-order valence-corrected chi connectivity index (χ2v) is 9.44. The number of fused-ring (bicyclic) bond motifs is 1. The Bertz CT molecular complexity index is 1370. The molecule has 1 heterocycles. The second-order valence-electron chi connectivity index (χ2n) is 9.44. The van der Waals surface area contributed by atoms with Crippen LogP contribution in [0.15, 0.2) is 66.7 Å². The fourth-order valence-corrected chi connectivity index (χ4v) is 4.96. The van der Waals surface area contributed by atoms with Crippen molar-refractivity contribution in [1.82, 2.24) is 15.1 Å². The van der Waals surface area contributed by atoms with Crippen molar-refractivity contribution in [3.8, 4) is 12.3 Å². The lowest BCUT2D eigenvalue weighted by Crippen LogP contribution is -2.65. The molecule has 3 N–H and O–H groups in total. The van der Waals surface area contributed by atoms with Crippen LogP contribution >= 0.6 is 0 Å². The van der Waals surface area contributed by atoms with Crippen LogP contribution in [-0.2, 0) is 27.2 Å². The van der Waals surface area contributed by atoms with Crippen molar-refractivity contribution in [2.75, 3.05) is 20.1 Å². The zero-order valence-corrected chi connectivity index (χ0v) is 21.3. The number of piperazine rings is 1. The van der Waals surface area contributed by atoms with E-state index in [0.29, 0.717) is 12.0 Å². The maximum Gasteiger partial charge on any atom is 0.247 e. The molecule has 3 aromatic carbocycles. The average molecular weight is 515 g/mol. The summed E-state index contributed by atoms with van der Waals surface area (Å²) in [5.74, 6) is 1.03. The zero-order valence-electron chi connectivity index (χ0n) is 21.3. The first-order valence-corrected chi connectivity index (χ1v) is 12.6. The van der Waals surface area contributed by atoms with Crippen LogP contribution < -0.4 is 11.1 Å². The summed E-state index contributed by atoms with van der Waals surface area (Å²) < 4.78 is 13.2. The molecule has 0 aromatic heterocycles. The molecular formula is C30H31FN4O3.